The van der Waals surface area contributed by atoms with E-state index in [1.807, 2.05) is 0 Å². The summed E-state index contributed by atoms with van der Waals surface area (Å²) in [6.07, 6.45) is 0. The van der Waals surface area contributed by atoms with Gasteiger partial charge in [-0.25, -0.2) is 0 Å². The van der Waals surface area contributed by atoms with E-state index in [2.05, 4.69) is 21.9 Å². The molecular formula is C3H7N3. The minimum atomic E-state index is 0.385. The number of azo groups is 1. The molecule has 0 aromatic heterocycles. The molecule has 0 radical (unpaired) electrons. The first kappa shape index (κ1) is 5.27. The first-order chi connectivity index (χ1) is 2.91. The minimum absolute atomic E-state index is 0.385. The van der Waals surface area contributed by atoms with Gasteiger partial charge in [0.1, 0.15) is 6.67 Å². The highest BCUT2D eigenvalue weighted by molar-refractivity contribution is 5.22. The van der Waals surface area contributed by atoms with Gasteiger partial charge in [-0.3, -0.25) is 4.99 Å². The molecule has 0 N–H and O–H groups in total. The number of aliphatic imine (C=N–C) groups is 1. The molecule has 0 spiro atoms. The van der Waals surface area contributed by atoms with Gasteiger partial charge >= 0.3 is 0 Å². The van der Waals surface area contributed by atoms with Crippen LogP contribution in [0.15, 0.2) is 15.2 Å². The Labute approximate surface area is 36.8 Å². The summed E-state index contributed by atoms with van der Waals surface area (Å²) in [7, 11) is 1.60. The highest BCUT2D eigenvalue weighted by atomic mass is 15.1. The maximum absolute atomic E-state index is 3.49. The molecule has 0 rings (SSSR count). The Balaban J connectivity index is 2.85. The molecule has 6 heavy (non-hydrogen) atoms. The van der Waals surface area contributed by atoms with Gasteiger partial charge in [0.25, 0.3) is 0 Å². The molecule has 0 atom stereocenters. The Morgan fingerprint density at radius 2 is 2.33 bits per heavy atom. The zero-order valence-electron chi connectivity index (χ0n) is 3.76. The van der Waals surface area contributed by atoms with E-state index < -0.39 is 0 Å². The van der Waals surface area contributed by atoms with Crippen LogP contribution in [0.4, 0.5) is 0 Å². The lowest BCUT2D eigenvalue weighted by molar-refractivity contribution is 0.950. The van der Waals surface area contributed by atoms with Crippen LogP contribution in [0, 0.1) is 0 Å². The third-order valence-electron chi connectivity index (χ3n) is 0.305. The lowest BCUT2D eigenvalue weighted by Gasteiger charge is -1.71. The molecule has 0 bridgehead atoms. The minimum Gasteiger partial charge on any atom is -0.276 e. The van der Waals surface area contributed by atoms with Gasteiger partial charge in [-0.15, -0.1) is 0 Å². The second kappa shape index (κ2) is 4.27. The fraction of sp³-hybridized carbons (Fsp3) is 0.667. The monoisotopic (exact) mass is 85.1 g/mol. The predicted molar refractivity (Wildman–Crippen MR) is 25.2 cm³/mol. The first-order valence-electron chi connectivity index (χ1n) is 1.60. The second-order valence-corrected chi connectivity index (χ2v) is 0.706. The van der Waals surface area contributed by atoms with Crippen molar-refractivity contribution in [1.29, 1.82) is 0 Å². The highest BCUT2D eigenvalue weighted by Gasteiger charge is 1.58. The molecule has 34 valence electrons. The van der Waals surface area contributed by atoms with Crippen molar-refractivity contribution in [3.8, 4) is 0 Å². The normalized spacial score (nSPS) is 9.50. The predicted octanol–water partition coefficient (Wildman–Crippen LogP) is 0.727. The van der Waals surface area contributed by atoms with Crippen LogP contribution < -0.4 is 0 Å². The quantitative estimate of drug-likeness (QED) is 0.350. The van der Waals surface area contributed by atoms with Gasteiger partial charge in [0.05, 0.1) is 0 Å². The van der Waals surface area contributed by atoms with Crippen LogP contribution in [0.5, 0.6) is 0 Å². The highest BCUT2D eigenvalue weighted by Crippen LogP contribution is 1.67. The second-order valence-electron chi connectivity index (χ2n) is 0.706. The van der Waals surface area contributed by atoms with Crippen LogP contribution in [-0.4, -0.2) is 20.4 Å². The van der Waals surface area contributed by atoms with Crippen molar-refractivity contribution in [1.82, 2.24) is 0 Å². The van der Waals surface area contributed by atoms with Crippen molar-refractivity contribution >= 4 is 6.72 Å². The summed E-state index contributed by atoms with van der Waals surface area (Å²) >= 11 is 0. The molecule has 3 nitrogen and oxygen atoms in total. The Bertz CT molecular complexity index is 57.1. The molecule has 0 saturated carbocycles. The summed E-state index contributed by atoms with van der Waals surface area (Å²) in [4.78, 5) is 3.42. The van der Waals surface area contributed by atoms with Crippen LogP contribution in [0.3, 0.4) is 0 Å². The van der Waals surface area contributed by atoms with Crippen LogP contribution in [0.1, 0.15) is 0 Å². The summed E-state index contributed by atoms with van der Waals surface area (Å²) in [5.74, 6) is 0. The SMILES string of the molecule is C=NCN=NC. The van der Waals surface area contributed by atoms with Crippen molar-refractivity contribution in [3.63, 3.8) is 0 Å². The lowest BCUT2D eigenvalue weighted by atomic mass is 11.2. The summed E-state index contributed by atoms with van der Waals surface area (Å²) in [6, 6.07) is 0. The molecule has 0 amide bonds. The van der Waals surface area contributed by atoms with Crippen LogP contribution in [0.2, 0.25) is 0 Å². The Morgan fingerprint density at radius 3 is 2.50 bits per heavy atom. The van der Waals surface area contributed by atoms with Gasteiger partial charge in [-0.1, -0.05) is 0 Å². The topological polar surface area (TPSA) is 37.1 Å². The Kier molecular flexibility index (Phi) is 3.75. The summed E-state index contributed by atoms with van der Waals surface area (Å²) in [6.45, 7) is 3.58. The van der Waals surface area contributed by atoms with E-state index in [1.54, 1.807) is 7.05 Å². The number of rotatable bonds is 2. The molecular weight excluding hydrogens is 78.1 g/mol. The fourth-order valence-corrected chi connectivity index (χ4v) is 0.108. The Hall–Kier alpha value is -0.730. The van der Waals surface area contributed by atoms with Gasteiger partial charge in [-0.05, 0) is 6.72 Å². The zero-order valence-corrected chi connectivity index (χ0v) is 3.76. The molecule has 0 aromatic carbocycles. The van der Waals surface area contributed by atoms with Gasteiger partial charge < -0.3 is 0 Å². The maximum atomic E-state index is 3.49. The average molecular weight is 85.1 g/mol. The number of nitrogens with zero attached hydrogens (tertiary/aromatic N) is 3. The van der Waals surface area contributed by atoms with Crippen LogP contribution in [0.25, 0.3) is 0 Å². The third kappa shape index (κ3) is 3.27. The lowest BCUT2D eigenvalue weighted by Crippen LogP contribution is -1.63. The Morgan fingerprint density at radius 1 is 1.67 bits per heavy atom. The number of hydrogen-bond donors (Lipinski definition) is 0. The van der Waals surface area contributed by atoms with E-state index in [0.29, 0.717) is 6.67 Å². The molecule has 0 aromatic rings. The van der Waals surface area contributed by atoms with E-state index in [-0.39, 0.29) is 0 Å². The van der Waals surface area contributed by atoms with Gasteiger partial charge in [0, 0.05) is 7.05 Å². The van der Waals surface area contributed by atoms with Crippen molar-refractivity contribution in [2.24, 2.45) is 15.2 Å². The zero-order chi connectivity index (χ0) is 4.83. The van der Waals surface area contributed by atoms with E-state index in [1.165, 1.54) is 0 Å². The molecule has 3 heteroatoms. The average Bonchev–Trinajstić information content (AvgIpc) is 1.61. The maximum Gasteiger partial charge on any atom is 0.149 e. The summed E-state index contributed by atoms with van der Waals surface area (Å²) in [5, 5.41) is 6.90. The fourth-order valence-electron chi connectivity index (χ4n) is 0.108. The van der Waals surface area contributed by atoms with Crippen molar-refractivity contribution in [2.75, 3.05) is 13.7 Å². The number of hydrogen-bond acceptors (Lipinski definition) is 3. The van der Waals surface area contributed by atoms with E-state index in [0.717, 1.165) is 0 Å². The van der Waals surface area contributed by atoms with Gasteiger partial charge in [0.2, 0.25) is 0 Å². The van der Waals surface area contributed by atoms with E-state index >= 15 is 0 Å². The van der Waals surface area contributed by atoms with E-state index in [9.17, 15) is 0 Å². The van der Waals surface area contributed by atoms with Crippen molar-refractivity contribution in [3.05, 3.63) is 0 Å². The first-order valence-corrected chi connectivity index (χ1v) is 1.60. The smallest absolute Gasteiger partial charge is 0.149 e. The molecule has 0 aliphatic heterocycles. The summed E-state index contributed by atoms with van der Waals surface area (Å²) in [5.41, 5.74) is 0. The molecule has 0 aliphatic rings. The molecule has 0 aliphatic carbocycles. The van der Waals surface area contributed by atoms with Gasteiger partial charge in [0.15, 0.2) is 0 Å². The largest absolute Gasteiger partial charge is 0.276 e. The van der Waals surface area contributed by atoms with Gasteiger partial charge in [-0.2, -0.15) is 10.2 Å². The molecule has 0 heterocycles. The molecule has 0 saturated heterocycles. The van der Waals surface area contributed by atoms with Crippen molar-refractivity contribution < 1.29 is 0 Å². The molecule has 0 unspecified atom stereocenters. The van der Waals surface area contributed by atoms with Crippen molar-refractivity contribution in [2.45, 2.75) is 0 Å². The summed E-state index contributed by atoms with van der Waals surface area (Å²) < 4.78 is 0. The van der Waals surface area contributed by atoms with Crippen LogP contribution in [-0.2, 0) is 0 Å². The molecule has 0 fully saturated rings. The van der Waals surface area contributed by atoms with Crippen LogP contribution >= 0.6 is 0 Å². The van der Waals surface area contributed by atoms with E-state index in [4.69, 9.17) is 0 Å². The third-order valence-corrected chi connectivity index (χ3v) is 0.305. The standard InChI is InChI=1S/C3H7N3/c1-4-3-6-5-2/h1,3H2,2H3.